The molecule has 25 heavy (non-hydrogen) atoms. The van der Waals surface area contributed by atoms with E-state index in [0.717, 1.165) is 51.6 Å². The van der Waals surface area contributed by atoms with Crippen LogP contribution in [0.3, 0.4) is 0 Å². The Kier molecular flexibility index (Phi) is 5.04. The van der Waals surface area contributed by atoms with E-state index in [1.165, 1.54) is 31.2 Å². The standard InChI is InChI=1S/C20H30N4O/c25-19(23-9-3-4-16-7-10-21-11-8-16)20-14-22-12-17(20)13-24(15-20)18-5-1-2-6-18/h7-8,10-11,17-18,22H,1-6,9,12-15H2,(H,23,25)/t17-,20-/m0/s1. The lowest BCUT2D eigenvalue weighted by atomic mass is 9.80. The fourth-order valence-electron chi connectivity index (χ4n) is 5.05. The number of amides is 1. The molecule has 0 spiro atoms. The molecule has 2 atom stereocenters. The van der Waals surface area contributed by atoms with Gasteiger partial charge in [-0.25, -0.2) is 0 Å². The molecular weight excluding hydrogens is 312 g/mol. The molecule has 3 heterocycles. The summed E-state index contributed by atoms with van der Waals surface area (Å²) in [5, 5.41) is 6.73. The SMILES string of the molecule is O=C(NCCCc1ccncc1)[C@]12CNC[C@H]1CN(C1CCCC1)C2. The quantitative estimate of drug-likeness (QED) is 0.771. The van der Waals surface area contributed by atoms with Crippen LogP contribution in [0, 0.1) is 11.3 Å². The monoisotopic (exact) mass is 342 g/mol. The zero-order valence-electron chi connectivity index (χ0n) is 15.0. The van der Waals surface area contributed by atoms with Crippen molar-refractivity contribution in [2.24, 2.45) is 11.3 Å². The molecule has 0 unspecified atom stereocenters. The first-order valence-electron chi connectivity index (χ1n) is 9.90. The topological polar surface area (TPSA) is 57.3 Å². The lowest BCUT2D eigenvalue weighted by Gasteiger charge is -2.29. The summed E-state index contributed by atoms with van der Waals surface area (Å²) in [5.41, 5.74) is 1.09. The van der Waals surface area contributed by atoms with Crippen LogP contribution in [0.15, 0.2) is 24.5 Å². The van der Waals surface area contributed by atoms with Gasteiger partial charge in [0.05, 0.1) is 5.41 Å². The molecule has 136 valence electrons. The minimum Gasteiger partial charge on any atom is -0.356 e. The van der Waals surface area contributed by atoms with E-state index >= 15 is 0 Å². The van der Waals surface area contributed by atoms with Crippen LogP contribution < -0.4 is 10.6 Å². The van der Waals surface area contributed by atoms with E-state index in [1.807, 2.05) is 24.5 Å². The average Bonchev–Trinajstić information content (AvgIpc) is 3.34. The smallest absolute Gasteiger partial charge is 0.229 e. The van der Waals surface area contributed by atoms with Crippen molar-refractivity contribution in [1.29, 1.82) is 0 Å². The molecule has 0 bridgehead atoms. The van der Waals surface area contributed by atoms with Crippen LogP contribution in [0.2, 0.25) is 0 Å². The number of aryl methyl sites for hydroxylation is 1. The van der Waals surface area contributed by atoms with Crippen molar-refractivity contribution < 1.29 is 4.79 Å². The predicted molar refractivity (Wildman–Crippen MR) is 98.2 cm³/mol. The maximum absolute atomic E-state index is 13.0. The highest BCUT2D eigenvalue weighted by atomic mass is 16.2. The second-order valence-electron chi connectivity index (χ2n) is 8.07. The van der Waals surface area contributed by atoms with Crippen molar-refractivity contribution >= 4 is 5.91 Å². The number of carbonyl (C=O) groups excluding carboxylic acids is 1. The fraction of sp³-hybridized carbons (Fsp3) is 0.700. The Bertz CT molecular complexity index is 587. The Morgan fingerprint density at radius 1 is 1.32 bits per heavy atom. The van der Waals surface area contributed by atoms with E-state index < -0.39 is 0 Å². The zero-order valence-corrected chi connectivity index (χ0v) is 15.0. The van der Waals surface area contributed by atoms with Crippen molar-refractivity contribution in [3.63, 3.8) is 0 Å². The third-order valence-corrected chi connectivity index (χ3v) is 6.52. The van der Waals surface area contributed by atoms with Gasteiger partial charge in [-0.15, -0.1) is 0 Å². The maximum atomic E-state index is 13.0. The van der Waals surface area contributed by atoms with E-state index in [4.69, 9.17) is 0 Å². The van der Waals surface area contributed by atoms with Gasteiger partial charge < -0.3 is 10.6 Å². The molecule has 3 fully saturated rings. The fourth-order valence-corrected chi connectivity index (χ4v) is 5.05. The Morgan fingerprint density at radius 3 is 2.92 bits per heavy atom. The first-order valence-corrected chi connectivity index (χ1v) is 9.90. The van der Waals surface area contributed by atoms with Crippen LogP contribution in [-0.4, -0.2) is 54.6 Å². The lowest BCUT2D eigenvalue weighted by Crippen LogP contribution is -2.48. The second kappa shape index (κ2) is 7.42. The predicted octanol–water partition coefficient (Wildman–Crippen LogP) is 1.59. The highest BCUT2D eigenvalue weighted by Gasteiger charge is 2.55. The summed E-state index contributed by atoms with van der Waals surface area (Å²) in [4.78, 5) is 19.7. The number of nitrogens with one attached hydrogen (secondary N) is 2. The number of likely N-dealkylation sites (tertiary alicyclic amines) is 1. The van der Waals surface area contributed by atoms with Gasteiger partial charge in [0.2, 0.25) is 5.91 Å². The zero-order chi connectivity index (χ0) is 17.1. The third kappa shape index (κ3) is 3.44. The normalized spacial score (nSPS) is 29.8. The van der Waals surface area contributed by atoms with E-state index in [2.05, 4.69) is 20.5 Å². The van der Waals surface area contributed by atoms with Gasteiger partial charge in [0.25, 0.3) is 0 Å². The van der Waals surface area contributed by atoms with Gasteiger partial charge in [-0.3, -0.25) is 14.7 Å². The number of pyridine rings is 1. The molecule has 2 aliphatic heterocycles. The summed E-state index contributed by atoms with van der Waals surface area (Å²) in [5.74, 6) is 0.756. The summed E-state index contributed by atoms with van der Waals surface area (Å²) in [6.07, 6.45) is 11.0. The first-order chi connectivity index (χ1) is 12.3. The number of hydrogen-bond acceptors (Lipinski definition) is 4. The van der Waals surface area contributed by atoms with Crippen LogP contribution in [-0.2, 0) is 11.2 Å². The number of aromatic nitrogens is 1. The molecule has 3 aliphatic rings. The summed E-state index contributed by atoms with van der Waals surface area (Å²) in [6, 6.07) is 4.82. The van der Waals surface area contributed by atoms with Crippen molar-refractivity contribution in [3.8, 4) is 0 Å². The number of rotatable bonds is 6. The van der Waals surface area contributed by atoms with E-state index in [-0.39, 0.29) is 11.3 Å². The van der Waals surface area contributed by atoms with Crippen molar-refractivity contribution in [3.05, 3.63) is 30.1 Å². The van der Waals surface area contributed by atoms with Gasteiger partial charge in [-0.1, -0.05) is 12.8 Å². The van der Waals surface area contributed by atoms with Gasteiger partial charge in [0.1, 0.15) is 0 Å². The van der Waals surface area contributed by atoms with Crippen LogP contribution in [0.25, 0.3) is 0 Å². The molecule has 2 N–H and O–H groups in total. The summed E-state index contributed by atoms with van der Waals surface area (Å²) in [6.45, 7) is 4.65. The van der Waals surface area contributed by atoms with Crippen molar-refractivity contribution in [2.45, 2.75) is 44.6 Å². The van der Waals surface area contributed by atoms with Gasteiger partial charge in [0.15, 0.2) is 0 Å². The molecule has 1 amide bonds. The molecule has 5 heteroatoms. The molecule has 1 saturated carbocycles. The van der Waals surface area contributed by atoms with E-state index in [0.29, 0.717) is 5.92 Å². The molecule has 1 aliphatic carbocycles. The third-order valence-electron chi connectivity index (χ3n) is 6.52. The average molecular weight is 342 g/mol. The molecular formula is C20H30N4O. The molecule has 1 aromatic rings. The molecule has 0 radical (unpaired) electrons. The van der Waals surface area contributed by atoms with Crippen molar-refractivity contribution in [1.82, 2.24) is 20.5 Å². The number of carbonyl (C=O) groups is 1. The van der Waals surface area contributed by atoms with Crippen LogP contribution in [0.1, 0.15) is 37.7 Å². The Hall–Kier alpha value is -1.46. The molecule has 5 nitrogen and oxygen atoms in total. The van der Waals surface area contributed by atoms with Gasteiger partial charge in [-0.2, -0.15) is 0 Å². The summed E-state index contributed by atoms with van der Waals surface area (Å²) >= 11 is 0. The highest BCUT2D eigenvalue weighted by molar-refractivity contribution is 5.84. The minimum atomic E-state index is -0.195. The first kappa shape index (κ1) is 17.0. The van der Waals surface area contributed by atoms with Gasteiger partial charge >= 0.3 is 0 Å². The largest absolute Gasteiger partial charge is 0.356 e. The van der Waals surface area contributed by atoms with Crippen LogP contribution >= 0.6 is 0 Å². The number of hydrogen-bond donors (Lipinski definition) is 2. The minimum absolute atomic E-state index is 0.195. The van der Waals surface area contributed by atoms with Gasteiger partial charge in [0, 0.05) is 57.1 Å². The molecule has 1 aromatic heterocycles. The Balaban J connectivity index is 1.30. The maximum Gasteiger partial charge on any atom is 0.229 e. The van der Waals surface area contributed by atoms with Crippen molar-refractivity contribution in [2.75, 3.05) is 32.7 Å². The summed E-state index contributed by atoms with van der Waals surface area (Å²) < 4.78 is 0. The molecule has 2 saturated heterocycles. The van der Waals surface area contributed by atoms with Crippen LogP contribution in [0.5, 0.6) is 0 Å². The van der Waals surface area contributed by atoms with E-state index in [1.54, 1.807) is 0 Å². The summed E-state index contributed by atoms with van der Waals surface area (Å²) in [7, 11) is 0. The molecule has 0 aromatic carbocycles. The Labute approximate surface area is 150 Å². The van der Waals surface area contributed by atoms with E-state index in [9.17, 15) is 4.79 Å². The lowest BCUT2D eigenvalue weighted by molar-refractivity contribution is -0.130. The van der Waals surface area contributed by atoms with Crippen LogP contribution in [0.4, 0.5) is 0 Å². The van der Waals surface area contributed by atoms with Gasteiger partial charge in [-0.05, 0) is 43.4 Å². The highest BCUT2D eigenvalue weighted by Crippen LogP contribution is 2.42. The molecule has 4 rings (SSSR count). The Morgan fingerprint density at radius 2 is 2.12 bits per heavy atom. The second-order valence-corrected chi connectivity index (χ2v) is 8.07. The number of fused-ring (bicyclic) bond motifs is 1. The number of nitrogens with zero attached hydrogens (tertiary/aromatic N) is 2.